The van der Waals surface area contributed by atoms with E-state index in [0.717, 1.165) is 30.6 Å². The smallest absolute Gasteiger partial charge is 0.228 e. The van der Waals surface area contributed by atoms with E-state index in [1.165, 1.54) is 0 Å². The van der Waals surface area contributed by atoms with Gasteiger partial charge in [0, 0.05) is 11.6 Å². The monoisotopic (exact) mass is 267 g/mol. The van der Waals surface area contributed by atoms with Gasteiger partial charge in [0.15, 0.2) is 0 Å². The Morgan fingerprint density at radius 1 is 1.05 bits per heavy atom. The number of aromatic nitrogens is 1. The van der Waals surface area contributed by atoms with Gasteiger partial charge >= 0.3 is 0 Å². The summed E-state index contributed by atoms with van der Waals surface area (Å²) in [5.74, 6) is 0.881. The number of para-hydroxylation sites is 1. The molecule has 1 saturated carbocycles. The van der Waals surface area contributed by atoms with Gasteiger partial charge in [0.2, 0.25) is 5.91 Å². The predicted octanol–water partition coefficient (Wildman–Crippen LogP) is 3.56. The van der Waals surface area contributed by atoms with Crippen LogP contribution in [-0.2, 0) is 4.79 Å². The Hall–Kier alpha value is -2.36. The molecule has 0 aliphatic heterocycles. The number of pyridine rings is 1. The van der Waals surface area contributed by atoms with Crippen LogP contribution in [0.25, 0.3) is 0 Å². The maximum absolute atomic E-state index is 11.8. The van der Waals surface area contributed by atoms with E-state index in [1.807, 2.05) is 42.5 Å². The normalized spacial score (nSPS) is 14.4. The van der Waals surface area contributed by atoms with E-state index in [4.69, 9.17) is 0 Å². The predicted molar refractivity (Wildman–Crippen MR) is 79.9 cm³/mol. The van der Waals surface area contributed by atoms with Gasteiger partial charge < -0.3 is 10.6 Å². The summed E-state index contributed by atoms with van der Waals surface area (Å²) in [6.45, 7) is 0. The van der Waals surface area contributed by atoms with Crippen molar-refractivity contribution in [2.24, 2.45) is 5.92 Å². The maximum Gasteiger partial charge on any atom is 0.228 e. The van der Waals surface area contributed by atoms with E-state index in [2.05, 4.69) is 15.6 Å². The van der Waals surface area contributed by atoms with E-state index in [9.17, 15) is 4.79 Å². The third-order valence-electron chi connectivity index (χ3n) is 3.55. The quantitative estimate of drug-likeness (QED) is 0.890. The van der Waals surface area contributed by atoms with Crippen molar-refractivity contribution in [3.63, 3.8) is 0 Å². The standard InChI is InChI=1S/C16H17N3O/c20-16(12-5-4-6-12)19-15-10-9-14(11-17-15)18-13-7-2-1-3-8-13/h1-3,7-12,18H,4-6H2,(H,17,19,20). The minimum Gasteiger partial charge on any atom is -0.354 e. The SMILES string of the molecule is O=C(Nc1ccc(Nc2ccccc2)cn1)C1CCC1. The van der Waals surface area contributed by atoms with E-state index in [-0.39, 0.29) is 11.8 Å². The van der Waals surface area contributed by atoms with E-state index in [0.29, 0.717) is 5.82 Å². The molecular formula is C16H17N3O. The summed E-state index contributed by atoms with van der Waals surface area (Å²) in [4.78, 5) is 16.1. The molecular weight excluding hydrogens is 250 g/mol. The second kappa shape index (κ2) is 5.74. The first-order valence-electron chi connectivity index (χ1n) is 6.90. The molecule has 20 heavy (non-hydrogen) atoms. The Kier molecular flexibility index (Phi) is 3.63. The maximum atomic E-state index is 11.8. The summed E-state index contributed by atoms with van der Waals surface area (Å²) in [7, 11) is 0. The van der Waals surface area contributed by atoms with E-state index in [1.54, 1.807) is 6.20 Å². The van der Waals surface area contributed by atoms with Crippen LogP contribution in [0.5, 0.6) is 0 Å². The van der Waals surface area contributed by atoms with E-state index < -0.39 is 0 Å². The van der Waals surface area contributed by atoms with Gasteiger partial charge in [0.1, 0.15) is 5.82 Å². The third-order valence-corrected chi connectivity index (χ3v) is 3.55. The molecule has 1 aromatic carbocycles. The summed E-state index contributed by atoms with van der Waals surface area (Å²) in [5.41, 5.74) is 1.92. The van der Waals surface area contributed by atoms with Crippen LogP contribution in [0.15, 0.2) is 48.7 Å². The van der Waals surface area contributed by atoms with Gasteiger partial charge in [-0.2, -0.15) is 0 Å². The highest BCUT2D eigenvalue weighted by atomic mass is 16.2. The van der Waals surface area contributed by atoms with Crippen molar-refractivity contribution < 1.29 is 4.79 Å². The van der Waals surface area contributed by atoms with Crippen molar-refractivity contribution in [3.05, 3.63) is 48.7 Å². The van der Waals surface area contributed by atoms with Crippen LogP contribution in [0.3, 0.4) is 0 Å². The Balaban J connectivity index is 1.61. The third kappa shape index (κ3) is 2.96. The fourth-order valence-electron chi connectivity index (χ4n) is 2.13. The highest BCUT2D eigenvalue weighted by molar-refractivity contribution is 5.92. The fraction of sp³-hybridized carbons (Fsp3) is 0.250. The van der Waals surface area contributed by atoms with Crippen LogP contribution in [0.1, 0.15) is 19.3 Å². The molecule has 3 rings (SSSR count). The lowest BCUT2D eigenvalue weighted by Gasteiger charge is -2.23. The number of hydrogen-bond donors (Lipinski definition) is 2. The molecule has 0 radical (unpaired) electrons. The van der Waals surface area contributed by atoms with Gasteiger partial charge in [-0.25, -0.2) is 4.98 Å². The molecule has 1 aliphatic rings. The van der Waals surface area contributed by atoms with Gasteiger partial charge in [0.05, 0.1) is 11.9 Å². The lowest BCUT2D eigenvalue weighted by molar-refractivity contribution is -0.122. The van der Waals surface area contributed by atoms with Gasteiger partial charge in [-0.1, -0.05) is 24.6 Å². The highest BCUT2D eigenvalue weighted by Crippen LogP contribution is 2.27. The largest absolute Gasteiger partial charge is 0.354 e. The number of nitrogens with zero attached hydrogens (tertiary/aromatic N) is 1. The van der Waals surface area contributed by atoms with Crippen molar-refractivity contribution in [2.75, 3.05) is 10.6 Å². The van der Waals surface area contributed by atoms with Crippen LogP contribution in [0.2, 0.25) is 0 Å². The first-order valence-corrected chi connectivity index (χ1v) is 6.90. The van der Waals surface area contributed by atoms with Crippen LogP contribution >= 0.6 is 0 Å². The van der Waals surface area contributed by atoms with Crippen molar-refractivity contribution in [1.82, 2.24) is 4.98 Å². The summed E-state index contributed by atoms with van der Waals surface area (Å²) < 4.78 is 0. The van der Waals surface area contributed by atoms with Crippen molar-refractivity contribution >= 4 is 23.1 Å². The molecule has 0 unspecified atom stereocenters. The topological polar surface area (TPSA) is 54.0 Å². The number of anilines is 3. The number of nitrogens with one attached hydrogen (secondary N) is 2. The first kappa shape index (κ1) is 12.7. The summed E-state index contributed by atoms with van der Waals surface area (Å²) in [6, 6.07) is 13.6. The number of benzene rings is 1. The average Bonchev–Trinajstić information content (AvgIpc) is 2.40. The number of carbonyl (C=O) groups is 1. The zero-order valence-corrected chi connectivity index (χ0v) is 11.2. The van der Waals surface area contributed by atoms with Crippen molar-refractivity contribution in [2.45, 2.75) is 19.3 Å². The minimum atomic E-state index is 0.0903. The zero-order chi connectivity index (χ0) is 13.8. The molecule has 1 heterocycles. The Labute approximate surface area is 118 Å². The molecule has 4 nitrogen and oxygen atoms in total. The van der Waals surface area contributed by atoms with Crippen LogP contribution in [0, 0.1) is 5.92 Å². The summed E-state index contributed by atoms with van der Waals surface area (Å²) in [6.07, 6.45) is 4.88. The molecule has 1 amide bonds. The molecule has 1 aliphatic carbocycles. The average molecular weight is 267 g/mol. The van der Waals surface area contributed by atoms with Crippen LogP contribution < -0.4 is 10.6 Å². The van der Waals surface area contributed by atoms with E-state index >= 15 is 0 Å². The van der Waals surface area contributed by atoms with Crippen LogP contribution in [0.4, 0.5) is 17.2 Å². The number of carbonyl (C=O) groups excluding carboxylic acids is 1. The molecule has 102 valence electrons. The molecule has 0 atom stereocenters. The fourth-order valence-corrected chi connectivity index (χ4v) is 2.13. The molecule has 2 aromatic rings. The summed E-state index contributed by atoms with van der Waals surface area (Å²) in [5, 5.41) is 6.11. The number of hydrogen-bond acceptors (Lipinski definition) is 3. The molecule has 1 fully saturated rings. The number of amides is 1. The van der Waals surface area contributed by atoms with Gasteiger partial charge in [0.25, 0.3) is 0 Å². The molecule has 0 bridgehead atoms. The molecule has 0 saturated heterocycles. The molecule has 4 heteroatoms. The first-order chi connectivity index (χ1) is 9.81. The van der Waals surface area contributed by atoms with Crippen molar-refractivity contribution in [1.29, 1.82) is 0 Å². The highest BCUT2D eigenvalue weighted by Gasteiger charge is 2.25. The van der Waals surface area contributed by atoms with Gasteiger partial charge in [-0.15, -0.1) is 0 Å². The van der Waals surface area contributed by atoms with Crippen LogP contribution in [-0.4, -0.2) is 10.9 Å². The molecule has 0 spiro atoms. The second-order valence-corrected chi connectivity index (χ2v) is 5.04. The van der Waals surface area contributed by atoms with Crippen molar-refractivity contribution in [3.8, 4) is 0 Å². The second-order valence-electron chi connectivity index (χ2n) is 5.04. The lowest BCUT2D eigenvalue weighted by atomic mass is 9.85. The Bertz CT molecular complexity index is 576. The molecule has 2 N–H and O–H groups in total. The Morgan fingerprint density at radius 2 is 1.85 bits per heavy atom. The summed E-state index contributed by atoms with van der Waals surface area (Å²) >= 11 is 0. The molecule has 1 aromatic heterocycles. The lowest BCUT2D eigenvalue weighted by Crippen LogP contribution is -2.28. The number of rotatable bonds is 4. The zero-order valence-electron chi connectivity index (χ0n) is 11.2. The van der Waals surface area contributed by atoms with Gasteiger partial charge in [-0.3, -0.25) is 4.79 Å². The minimum absolute atomic E-state index is 0.0903. The van der Waals surface area contributed by atoms with Gasteiger partial charge in [-0.05, 0) is 37.1 Å². The Morgan fingerprint density at radius 3 is 2.45 bits per heavy atom.